The monoisotopic (exact) mass is 237 g/mol. The summed E-state index contributed by atoms with van der Waals surface area (Å²) in [6.45, 7) is 7.91. The summed E-state index contributed by atoms with van der Waals surface area (Å²) in [5.74, 6) is 0.000833. The summed E-state index contributed by atoms with van der Waals surface area (Å²) in [6, 6.07) is 5.97. The Morgan fingerprint density at radius 2 is 1.94 bits per heavy atom. The fourth-order valence-electron chi connectivity index (χ4n) is 1.38. The van der Waals surface area contributed by atoms with Gasteiger partial charge in [0, 0.05) is 16.0 Å². The molecule has 16 heavy (non-hydrogen) atoms. The quantitative estimate of drug-likeness (QED) is 0.800. The average Bonchev–Trinajstić information content (AvgIpc) is 2.15. The number of aryl methyl sites for hydroxylation is 1. The molecule has 3 heteroatoms. The van der Waals surface area contributed by atoms with Gasteiger partial charge in [0.25, 0.3) is 5.91 Å². The minimum absolute atomic E-state index is 0.000833. The molecule has 0 bridgehead atoms. The summed E-state index contributed by atoms with van der Waals surface area (Å²) in [5, 5.41) is 2.98. The molecular formula is C13H19NOS. The number of benzene rings is 1. The van der Waals surface area contributed by atoms with Gasteiger partial charge in [0.1, 0.15) is 0 Å². The number of rotatable bonds is 2. The van der Waals surface area contributed by atoms with E-state index in [1.165, 1.54) is 0 Å². The van der Waals surface area contributed by atoms with Gasteiger partial charge in [-0.3, -0.25) is 4.79 Å². The van der Waals surface area contributed by atoms with Crippen LogP contribution in [0.5, 0.6) is 0 Å². The van der Waals surface area contributed by atoms with Crippen LogP contribution in [0.4, 0.5) is 0 Å². The predicted molar refractivity (Wildman–Crippen MR) is 70.2 cm³/mol. The van der Waals surface area contributed by atoms with Crippen LogP contribution in [0.3, 0.4) is 0 Å². The van der Waals surface area contributed by atoms with Gasteiger partial charge in [0.15, 0.2) is 0 Å². The zero-order valence-electron chi connectivity index (χ0n) is 10.5. The van der Waals surface area contributed by atoms with Crippen LogP contribution in [-0.2, 0) is 0 Å². The van der Waals surface area contributed by atoms with Gasteiger partial charge in [-0.05, 0) is 51.6 Å². The van der Waals surface area contributed by atoms with E-state index in [-0.39, 0.29) is 11.4 Å². The highest BCUT2D eigenvalue weighted by Gasteiger charge is 2.16. The molecule has 0 aliphatic rings. The van der Waals surface area contributed by atoms with Crippen LogP contribution in [0.15, 0.2) is 23.1 Å². The van der Waals surface area contributed by atoms with E-state index < -0.39 is 0 Å². The molecule has 1 aromatic carbocycles. The highest BCUT2D eigenvalue weighted by molar-refractivity contribution is 7.98. The molecule has 0 fully saturated rings. The summed E-state index contributed by atoms with van der Waals surface area (Å²) in [7, 11) is 0. The molecule has 0 aliphatic carbocycles. The van der Waals surface area contributed by atoms with Gasteiger partial charge < -0.3 is 5.32 Å². The van der Waals surface area contributed by atoms with Crippen molar-refractivity contribution in [1.29, 1.82) is 0 Å². The van der Waals surface area contributed by atoms with E-state index in [1.54, 1.807) is 11.8 Å². The van der Waals surface area contributed by atoms with Crippen LogP contribution in [0, 0.1) is 6.92 Å². The number of carbonyl (C=O) groups excluding carboxylic acids is 1. The molecule has 0 aromatic heterocycles. The Hall–Kier alpha value is -0.960. The van der Waals surface area contributed by atoms with Crippen molar-refractivity contribution in [2.75, 3.05) is 6.26 Å². The molecule has 0 unspecified atom stereocenters. The van der Waals surface area contributed by atoms with Crippen LogP contribution < -0.4 is 5.32 Å². The number of nitrogens with one attached hydrogen (secondary N) is 1. The van der Waals surface area contributed by atoms with Gasteiger partial charge in [-0.25, -0.2) is 0 Å². The standard InChI is InChI=1S/C13H19NOS/c1-9-6-7-10(16-5)8-11(9)12(15)14-13(2,3)4/h6-8H,1-5H3,(H,14,15). The molecule has 1 N–H and O–H groups in total. The second-order valence-electron chi connectivity index (χ2n) is 4.88. The van der Waals surface area contributed by atoms with Gasteiger partial charge in [0.2, 0.25) is 0 Å². The maximum absolute atomic E-state index is 12.0. The van der Waals surface area contributed by atoms with Crippen LogP contribution in [0.1, 0.15) is 36.7 Å². The van der Waals surface area contributed by atoms with E-state index in [0.29, 0.717) is 0 Å². The Balaban J connectivity index is 2.98. The first-order valence-corrected chi connectivity index (χ1v) is 6.53. The lowest BCUT2D eigenvalue weighted by molar-refractivity contribution is 0.0918. The first kappa shape index (κ1) is 13.1. The maximum atomic E-state index is 12.0. The minimum atomic E-state index is -0.196. The fraction of sp³-hybridized carbons (Fsp3) is 0.462. The van der Waals surface area contributed by atoms with Crippen molar-refractivity contribution in [2.45, 2.75) is 38.1 Å². The van der Waals surface area contributed by atoms with Gasteiger partial charge in [-0.1, -0.05) is 6.07 Å². The van der Waals surface area contributed by atoms with E-state index in [0.717, 1.165) is 16.0 Å². The van der Waals surface area contributed by atoms with Gasteiger partial charge in [-0.15, -0.1) is 11.8 Å². The zero-order valence-corrected chi connectivity index (χ0v) is 11.4. The van der Waals surface area contributed by atoms with Crippen LogP contribution in [0.2, 0.25) is 0 Å². The van der Waals surface area contributed by atoms with Crippen molar-refractivity contribution in [2.24, 2.45) is 0 Å². The Morgan fingerprint density at radius 1 is 1.31 bits per heavy atom. The Morgan fingerprint density at radius 3 is 2.44 bits per heavy atom. The number of hydrogen-bond acceptors (Lipinski definition) is 2. The van der Waals surface area contributed by atoms with E-state index >= 15 is 0 Å². The maximum Gasteiger partial charge on any atom is 0.251 e. The Kier molecular flexibility index (Phi) is 4.03. The smallest absolute Gasteiger partial charge is 0.251 e. The summed E-state index contributed by atoms with van der Waals surface area (Å²) in [6.07, 6.45) is 2.01. The lowest BCUT2D eigenvalue weighted by Gasteiger charge is -2.21. The molecule has 2 nitrogen and oxygen atoms in total. The van der Waals surface area contributed by atoms with Crippen molar-refractivity contribution < 1.29 is 4.79 Å². The third-order valence-corrected chi connectivity index (χ3v) is 2.90. The molecule has 0 saturated carbocycles. The van der Waals surface area contributed by atoms with Crippen molar-refractivity contribution in [3.8, 4) is 0 Å². The SMILES string of the molecule is CSc1ccc(C)c(C(=O)NC(C)(C)C)c1. The Bertz CT molecular complexity index is 393. The third-order valence-electron chi connectivity index (χ3n) is 2.18. The fourth-order valence-corrected chi connectivity index (χ4v) is 1.82. The highest BCUT2D eigenvalue weighted by atomic mass is 32.2. The normalized spacial score (nSPS) is 11.3. The Labute approximate surface area is 102 Å². The second kappa shape index (κ2) is 4.91. The number of carbonyl (C=O) groups is 1. The van der Waals surface area contributed by atoms with Crippen molar-refractivity contribution in [1.82, 2.24) is 5.32 Å². The van der Waals surface area contributed by atoms with Crippen LogP contribution in [-0.4, -0.2) is 17.7 Å². The van der Waals surface area contributed by atoms with E-state index in [2.05, 4.69) is 5.32 Å². The predicted octanol–water partition coefficient (Wildman–Crippen LogP) is 3.25. The second-order valence-corrected chi connectivity index (χ2v) is 5.76. The summed E-state index contributed by atoms with van der Waals surface area (Å²) < 4.78 is 0. The van der Waals surface area contributed by atoms with E-state index in [4.69, 9.17) is 0 Å². The zero-order chi connectivity index (χ0) is 12.3. The lowest BCUT2D eigenvalue weighted by Crippen LogP contribution is -2.40. The first-order valence-electron chi connectivity index (χ1n) is 5.30. The van der Waals surface area contributed by atoms with Crippen LogP contribution >= 0.6 is 11.8 Å². The molecule has 1 amide bonds. The molecule has 0 aliphatic heterocycles. The molecule has 0 spiro atoms. The van der Waals surface area contributed by atoms with Gasteiger partial charge >= 0.3 is 0 Å². The van der Waals surface area contributed by atoms with Crippen molar-refractivity contribution >= 4 is 17.7 Å². The molecule has 1 rings (SSSR count). The molecule has 1 aromatic rings. The molecule has 0 saturated heterocycles. The largest absolute Gasteiger partial charge is 0.347 e. The summed E-state index contributed by atoms with van der Waals surface area (Å²) in [5.41, 5.74) is 1.58. The molecule has 0 heterocycles. The van der Waals surface area contributed by atoms with Gasteiger partial charge in [0.05, 0.1) is 0 Å². The van der Waals surface area contributed by atoms with E-state index in [9.17, 15) is 4.79 Å². The lowest BCUT2D eigenvalue weighted by atomic mass is 10.0. The average molecular weight is 237 g/mol. The number of thioether (sulfide) groups is 1. The topological polar surface area (TPSA) is 29.1 Å². The third kappa shape index (κ3) is 3.56. The summed E-state index contributed by atoms with van der Waals surface area (Å²) in [4.78, 5) is 13.1. The number of hydrogen-bond donors (Lipinski definition) is 1. The van der Waals surface area contributed by atoms with Gasteiger partial charge in [-0.2, -0.15) is 0 Å². The number of amides is 1. The minimum Gasteiger partial charge on any atom is -0.347 e. The molecular weight excluding hydrogens is 218 g/mol. The van der Waals surface area contributed by atoms with Crippen molar-refractivity contribution in [3.05, 3.63) is 29.3 Å². The molecule has 88 valence electrons. The summed E-state index contributed by atoms with van der Waals surface area (Å²) >= 11 is 1.65. The van der Waals surface area contributed by atoms with E-state index in [1.807, 2.05) is 52.1 Å². The van der Waals surface area contributed by atoms with Crippen LogP contribution in [0.25, 0.3) is 0 Å². The highest BCUT2D eigenvalue weighted by Crippen LogP contribution is 2.19. The molecule has 0 radical (unpaired) electrons. The first-order chi connectivity index (χ1) is 7.33. The molecule has 0 atom stereocenters. The van der Waals surface area contributed by atoms with Crippen molar-refractivity contribution in [3.63, 3.8) is 0 Å².